The highest BCUT2D eigenvalue weighted by molar-refractivity contribution is 5.57. The predicted octanol–water partition coefficient (Wildman–Crippen LogP) is 1.95. The molecule has 6 heteroatoms. The van der Waals surface area contributed by atoms with Crippen LogP contribution in [0.5, 0.6) is 0 Å². The van der Waals surface area contributed by atoms with Gasteiger partial charge in [-0.15, -0.1) is 0 Å². The minimum atomic E-state index is -0.447. The Morgan fingerprint density at radius 2 is 2.35 bits per heavy atom. The van der Waals surface area contributed by atoms with E-state index in [4.69, 9.17) is 4.74 Å². The Hall–Kier alpha value is -1.66. The van der Waals surface area contributed by atoms with E-state index >= 15 is 0 Å². The Bertz CT molecular complexity index is 472. The standard InChI is InChI=1S/C14H20N2O4/c1-15(8-11-3-2-6-20-10-11)14-5-4-13(16(18)19)7-12(14)9-17/h4-5,7,11,17H,2-3,6,8-10H2,1H3. The van der Waals surface area contributed by atoms with Crippen molar-refractivity contribution in [3.63, 3.8) is 0 Å². The number of nitrogens with zero attached hydrogens (tertiary/aromatic N) is 2. The normalized spacial score (nSPS) is 18.8. The fourth-order valence-corrected chi connectivity index (χ4v) is 2.62. The second-order valence-electron chi connectivity index (χ2n) is 5.19. The molecule has 1 unspecified atom stereocenters. The first-order chi connectivity index (χ1) is 9.61. The van der Waals surface area contributed by atoms with Gasteiger partial charge in [-0.25, -0.2) is 0 Å². The maximum absolute atomic E-state index is 10.8. The summed E-state index contributed by atoms with van der Waals surface area (Å²) >= 11 is 0. The number of non-ortho nitro benzene ring substituents is 1. The van der Waals surface area contributed by atoms with Gasteiger partial charge < -0.3 is 14.7 Å². The minimum absolute atomic E-state index is 0.00667. The van der Waals surface area contributed by atoms with Crippen LogP contribution in [0, 0.1) is 16.0 Å². The predicted molar refractivity (Wildman–Crippen MR) is 75.8 cm³/mol. The molecule has 20 heavy (non-hydrogen) atoms. The first-order valence-corrected chi connectivity index (χ1v) is 6.79. The van der Waals surface area contributed by atoms with Crippen LogP contribution in [0.4, 0.5) is 11.4 Å². The van der Waals surface area contributed by atoms with Gasteiger partial charge in [-0.2, -0.15) is 0 Å². The molecule has 1 aliphatic rings. The summed E-state index contributed by atoms with van der Waals surface area (Å²) in [5.74, 6) is 0.468. The summed E-state index contributed by atoms with van der Waals surface area (Å²) < 4.78 is 5.46. The van der Waals surface area contributed by atoms with Crippen LogP contribution < -0.4 is 4.90 Å². The van der Waals surface area contributed by atoms with Gasteiger partial charge in [0.2, 0.25) is 0 Å². The van der Waals surface area contributed by atoms with Crippen molar-refractivity contribution < 1.29 is 14.8 Å². The number of hydrogen-bond donors (Lipinski definition) is 1. The van der Waals surface area contributed by atoms with Gasteiger partial charge >= 0.3 is 0 Å². The third kappa shape index (κ3) is 3.46. The Labute approximate surface area is 118 Å². The van der Waals surface area contributed by atoms with Gasteiger partial charge in [-0.1, -0.05) is 0 Å². The van der Waals surface area contributed by atoms with Crippen molar-refractivity contribution in [1.29, 1.82) is 0 Å². The monoisotopic (exact) mass is 280 g/mol. The molecule has 0 amide bonds. The van der Waals surface area contributed by atoms with Gasteiger partial charge in [0.1, 0.15) is 0 Å². The number of aliphatic hydroxyl groups is 1. The Kier molecular flexibility index (Phi) is 4.92. The maximum Gasteiger partial charge on any atom is 0.269 e. The Balaban J connectivity index is 2.11. The van der Waals surface area contributed by atoms with E-state index in [-0.39, 0.29) is 12.3 Å². The summed E-state index contributed by atoms with van der Waals surface area (Å²) in [5.41, 5.74) is 1.43. The van der Waals surface area contributed by atoms with Crippen molar-refractivity contribution in [3.8, 4) is 0 Å². The molecule has 1 aliphatic heterocycles. The van der Waals surface area contributed by atoms with E-state index in [1.807, 2.05) is 11.9 Å². The Morgan fingerprint density at radius 3 is 2.95 bits per heavy atom. The van der Waals surface area contributed by atoms with Gasteiger partial charge in [0.05, 0.1) is 18.1 Å². The van der Waals surface area contributed by atoms with Crippen molar-refractivity contribution in [3.05, 3.63) is 33.9 Å². The van der Waals surface area contributed by atoms with E-state index in [9.17, 15) is 15.2 Å². The molecule has 1 aromatic rings. The van der Waals surface area contributed by atoms with Gasteiger partial charge in [0, 0.05) is 43.6 Å². The molecular formula is C14H20N2O4. The first-order valence-electron chi connectivity index (χ1n) is 6.79. The molecule has 1 saturated heterocycles. The zero-order valence-corrected chi connectivity index (χ0v) is 11.6. The molecule has 0 spiro atoms. The molecule has 1 fully saturated rings. The molecule has 6 nitrogen and oxygen atoms in total. The number of nitro groups is 1. The van der Waals surface area contributed by atoms with Crippen molar-refractivity contribution in [2.45, 2.75) is 19.4 Å². The molecule has 1 atom stereocenters. The highest BCUT2D eigenvalue weighted by Crippen LogP contribution is 2.26. The molecule has 0 aliphatic carbocycles. The molecule has 0 bridgehead atoms. The zero-order chi connectivity index (χ0) is 14.5. The number of hydrogen-bond acceptors (Lipinski definition) is 5. The van der Waals surface area contributed by atoms with Crippen molar-refractivity contribution in [1.82, 2.24) is 0 Å². The van der Waals surface area contributed by atoms with Crippen LogP contribution in [-0.4, -0.2) is 36.8 Å². The molecular weight excluding hydrogens is 260 g/mol. The smallest absolute Gasteiger partial charge is 0.269 e. The van der Waals surface area contributed by atoms with Crippen LogP contribution in [0.25, 0.3) is 0 Å². The average Bonchev–Trinajstić information content (AvgIpc) is 2.47. The number of anilines is 1. The van der Waals surface area contributed by atoms with Crippen molar-refractivity contribution in [2.24, 2.45) is 5.92 Å². The van der Waals surface area contributed by atoms with Crippen LogP contribution in [0.15, 0.2) is 18.2 Å². The molecule has 110 valence electrons. The molecule has 0 radical (unpaired) electrons. The summed E-state index contributed by atoms with van der Waals surface area (Å²) in [7, 11) is 1.94. The first kappa shape index (κ1) is 14.7. The van der Waals surface area contributed by atoms with E-state index in [2.05, 4.69) is 0 Å². The van der Waals surface area contributed by atoms with Gasteiger partial charge in [-0.3, -0.25) is 10.1 Å². The summed E-state index contributed by atoms with van der Waals surface area (Å²) in [6, 6.07) is 4.61. The lowest BCUT2D eigenvalue weighted by molar-refractivity contribution is -0.384. The van der Waals surface area contributed by atoms with Crippen molar-refractivity contribution >= 4 is 11.4 Å². The summed E-state index contributed by atoms with van der Waals surface area (Å²) in [6.07, 6.45) is 2.21. The molecule has 2 rings (SSSR count). The average molecular weight is 280 g/mol. The third-order valence-corrected chi connectivity index (χ3v) is 3.64. The quantitative estimate of drug-likeness (QED) is 0.659. The van der Waals surface area contributed by atoms with Gasteiger partial charge in [-0.05, 0) is 24.8 Å². The Morgan fingerprint density at radius 1 is 1.55 bits per heavy atom. The number of nitro benzene ring substituents is 1. The molecule has 1 N–H and O–H groups in total. The SMILES string of the molecule is CN(CC1CCCOC1)c1ccc([N+](=O)[O-])cc1CO. The van der Waals surface area contributed by atoms with Crippen LogP contribution in [0.2, 0.25) is 0 Å². The van der Waals surface area contributed by atoms with Gasteiger partial charge in [0.25, 0.3) is 5.69 Å². The number of benzene rings is 1. The lowest BCUT2D eigenvalue weighted by Gasteiger charge is -2.29. The zero-order valence-electron chi connectivity index (χ0n) is 11.6. The maximum atomic E-state index is 10.8. The third-order valence-electron chi connectivity index (χ3n) is 3.64. The fraction of sp³-hybridized carbons (Fsp3) is 0.571. The highest BCUT2D eigenvalue weighted by atomic mass is 16.6. The lowest BCUT2D eigenvalue weighted by Crippen LogP contribution is -2.31. The molecule has 1 heterocycles. The van der Waals surface area contributed by atoms with Crippen LogP contribution in [0.3, 0.4) is 0 Å². The van der Waals surface area contributed by atoms with Crippen LogP contribution in [-0.2, 0) is 11.3 Å². The van der Waals surface area contributed by atoms with E-state index in [1.165, 1.54) is 12.1 Å². The topological polar surface area (TPSA) is 75.8 Å². The van der Waals surface area contributed by atoms with E-state index < -0.39 is 4.92 Å². The number of rotatable bonds is 5. The summed E-state index contributed by atoms with van der Waals surface area (Å²) in [5, 5.41) is 20.2. The minimum Gasteiger partial charge on any atom is -0.392 e. The largest absolute Gasteiger partial charge is 0.392 e. The number of aliphatic hydroxyl groups excluding tert-OH is 1. The van der Waals surface area contributed by atoms with Crippen molar-refractivity contribution in [2.75, 3.05) is 31.7 Å². The highest BCUT2D eigenvalue weighted by Gasteiger charge is 2.18. The number of ether oxygens (including phenoxy) is 1. The van der Waals surface area contributed by atoms with E-state index in [1.54, 1.807) is 6.07 Å². The van der Waals surface area contributed by atoms with Gasteiger partial charge in [0.15, 0.2) is 0 Å². The second-order valence-corrected chi connectivity index (χ2v) is 5.19. The van der Waals surface area contributed by atoms with E-state index in [0.29, 0.717) is 11.5 Å². The summed E-state index contributed by atoms with van der Waals surface area (Å²) in [4.78, 5) is 12.4. The molecule has 1 aromatic carbocycles. The fourth-order valence-electron chi connectivity index (χ4n) is 2.62. The van der Waals surface area contributed by atoms with Crippen LogP contribution in [0.1, 0.15) is 18.4 Å². The van der Waals surface area contributed by atoms with Crippen LogP contribution >= 0.6 is 0 Å². The molecule has 0 aromatic heterocycles. The lowest BCUT2D eigenvalue weighted by atomic mass is 10.0. The van der Waals surface area contributed by atoms with E-state index in [0.717, 1.165) is 38.3 Å². The summed E-state index contributed by atoms with van der Waals surface area (Å²) in [6.45, 7) is 2.21. The molecule has 0 saturated carbocycles. The second kappa shape index (κ2) is 6.67.